The van der Waals surface area contributed by atoms with E-state index in [-0.39, 0.29) is 11.2 Å². The summed E-state index contributed by atoms with van der Waals surface area (Å²) < 4.78 is 6.01. The first-order valence-corrected chi connectivity index (χ1v) is 5.48. The Balaban J connectivity index is 0. The lowest BCUT2D eigenvalue weighted by molar-refractivity contribution is -0.127. The second-order valence-electron chi connectivity index (χ2n) is 4.73. The predicted octanol–water partition coefficient (Wildman–Crippen LogP) is 3.38. The van der Waals surface area contributed by atoms with Gasteiger partial charge in [0.2, 0.25) is 0 Å². The van der Waals surface area contributed by atoms with Gasteiger partial charge in [0.05, 0.1) is 11.2 Å². The van der Waals surface area contributed by atoms with Crippen LogP contribution in [0.5, 0.6) is 0 Å². The highest BCUT2D eigenvalue weighted by molar-refractivity contribution is 4.75. The third kappa shape index (κ3) is 8.52. The van der Waals surface area contributed by atoms with Crippen LogP contribution >= 0.6 is 0 Å². The van der Waals surface area contributed by atoms with Crippen LogP contribution < -0.4 is 0 Å². The summed E-state index contributed by atoms with van der Waals surface area (Å²) in [4.78, 5) is 0. The summed E-state index contributed by atoms with van der Waals surface area (Å²) in [5.74, 6) is 0. The van der Waals surface area contributed by atoms with E-state index in [2.05, 4.69) is 41.5 Å². The van der Waals surface area contributed by atoms with Gasteiger partial charge in [0, 0.05) is 7.11 Å². The normalized spacial score (nSPS) is 12.0. The summed E-state index contributed by atoms with van der Waals surface area (Å²) in [5.41, 5.74) is 0.0624. The lowest BCUT2D eigenvalue weighted by Gasteiger charge is -2.35. The van der Waals surface area contributed by atoms with Crippen molar-refractivity contribution in [2.45, 2.75) is 72.0 Å². The Hall–Kier alpha value is -0.0800. The molecule has 0 aromatic heterocycles. The molecule has 0 saturated heterocycles. The largest absolute Gasteiger partial charge is 0.400 e. The molecule has 0 aliphatic rings. The van der Waals surface area contributed by atoms with Gasteiger partial charge < -0.3 is 9.84 Å². The maximum atomic E-state index is 7.00. The van der Waals surface area contributed by atoms with Gasteiger partial charge in [-0.2, -0.15) is 0 Å². The van der Waals surface area contributed by atoms with E-state index in [4.69, 9.17) is 9.84 Å². The summed E-state index contributed by atoms with van der Waals surface area (Å²) in [6, 6.07) is 0. The SMILES string of the molecule is CCCC(C)(C)OC(C)(C)CC.CO. The minimum absolute atomic E-state index is 0.0265. The molecule has 0 radical (unpaired) electrons. The van der Waals surface area contributed by atoms with E-state index in [1.54, 1.807) is 0 Å². The molecule has 0 aliphatic heterocycles. The van der Waals surface area contributed by atoms with Crippen LogP contribution in [0.4, 0.5) is 0 Å². The molecule has 0 unspecified atom stereocenters. The van der Waals surface area contributed by atoms with Crippen LogP contribution in [0.1, 0.15) is 60.8 Å². The molecule has 2 nitrogen and oxygen atoms in total. The standard InChI is InChI=1S/C11H24O.CH4O/c1-7-9-11(5,6)12-10(3,4)8-2;1-2/h7-9H2,1-6H3;2H,1H3. The molecule has 0 rings (SSSR count). The molecule has 14 heavy (non-hydrogen) atoms. The highest BCUT2D eigenvalue weighted by Gasteiger charge is 2.26. The first-order chi connectivity index (χ1) is 6.33. The van der Waals surface area contributed by atoms with Gasteiger partial charge in [0.25, 0.3) is 0 Å². The highest BCUT2D eigenvalue weighted by Crippen LogP contribution is 2.26. The highest BCUT2D eigenvalue weighted by atomic mass is 16.5. The number of aliphatic hydroxyl groups excluding tert-OH is 1. The summed E-state index contributed by atoms with van der Waals surface area (Å²) in [7, 11) is 1.00. The van der Waals surface area contributed by atoms with Crippen LogP contribution in [0.2, 0.25) is 0 Å². The van der Waals surface area contributed by atoms with Gasteiger partial charge >= 0.3 is 0 Å². The predicted molar refractivity (Wildman–Crippen MR) is 62.6 cm³/mol. The molecule has 0 spiro atoms. The van der Waals surface area contributed by atoms with E-state index in [0.717, 1.165) is 20.0 Å². The molecule has 0 bridgehead atoms. The van der Waals surface area contributed by atoms with Crippen LogP contribution in [0.25, 0.3) is 0 Å². The molecule has 0 aliphatic carbocycles. The second kappa shape index (κ2) is 7.24. The molecule has 0 fully saturated rings. The van der Waals surface area contributed by atoms with Crippen molar-refractivity contribution in [1.29, 1.82) is 0 Å². The molecule has 88 valence electrons. The minimum Gasteiger partial charge on any atom is -0.400 e. The Morgan fingerprint density at radius 2 is 1.36 bits per heavy atom. The van der Waals surface area contributed by atoms with Crippen molar-refractivity contribution in [2.75, 3.05) is 7.11 Å². The van der Waals surface area contributed by atoms with Crippen LogP contribution in [-0.2, 0) is 4.74 Å². The van der Waals surface area contributed by atoms with Crippen molar-refractivity contribution in [3.63, 3.8) is 0 Å². The molecular formula is C12H28O2. The number of rotatable bonds is 5. The van der Waals surface area contributed by atoms with Crippen LogP contribution in [0.3, 0.4) is 0 Å². The molecular weight excluding hydrogens is 176 g/mol. The summed E-state index contributed by atoms with van der Waals surface area (Å²) in [6.07, 6.45) is 3.39. The minimum atomic E-state index is 0.0265. The van der Waals surface area contributed by atoms with Crippen molar-refractivity contribution >= 4 is 0 Å². The zero-order valence-electron chi connectivity index (χ0n) is 11.0. The summed E-state index contributed by atoms with van der Waals surface area (Å²) >= 11 is 0. The molecule has 0 heterocycles. The fourth-order valence-electron chi connectivity index (χ4n) is 1.47. The molecule has 0 atom stereocenters. The second-order valence-corrected chi connectivity index (χ2v) is 4.73. The Morgan fingerprint density at radius 3 is 1.64 bits per heavy atom. The van der Waals surface area contributed by atoms with Gasteiger partial charge in [-0.3, -0.25) is 0 Å². The third-order valence-corrected chi connectivity index (χ3v) is 2.26. The van der Waals surface area contributed by atoms with Gasteiger partial charge in [0.15, 0.2) is 0 Å². The van der Waals surface area contributed by atoms with E-state index in [0.29, 0.717) is 0 Å². The fourth-order valence-corrected chi connectivity index (χ4v) is 1.47. The molecule has 0 aromatic carbocycles. The van der Waals surface area contributed by atoms with E-state index < -0.39 is 0 Å². The summed E-state index contributed by atoms with van der Waals surface area (Å²) in [6.45, 7) is 13.0. The van der Waals surface area contributed by atoms with Crippen LogP contribution in [0.15, 0.2) is 0 Å². The number of ether oxygens (including phenoxy) is 1. The lowest BCUT2D eigenvalue weighted by Crippen LogP contribution is -2.36. The van der Waals surface area contributed by atoms with Crippen molar-refractivity contribution < 1.29 is 9.84 Å². The Labute approximate surface area is 89.7 Å². The number of hydrogen-bond acceptors (Lipinski definition) is 2. The smallest absolute Gasteiger partial charge is 0.0633 e. The first kappa shape index (κ1) is 16.4. The molecule has 0 aromatic rings. The first-order valence-electron chi connectivity index (χ1n) is 5.48. The quantitative estimate of drug-likeness (QED) is 0.744. The van der Waals surface area contributed by atoms with Gasteiger partial charge in [-0.15, -0.1) is 0 Å². The van der Waals surface area contributed by atoms with E-state index in [9.17, 15) is 0 Å². The maximum Gasteiger partial charge on any atom is 0.0633 e. The van der Waals surface area contributed by atoms with Crippen LogP contribution in [0, 0.1) is 0 Å². The lowest BCUT2D eigenvalue weighted by atomic mass is 9.99. The average Bonchev–Trinajstić information content (AvgIpc) is 2.06. The van der Waals surface area contributed by atoms with Gasteiger partial charge in [0.1, 0.15) is 0 Å². The fraction of sp³-hybridized carbons (Fsp3) is 1.00. The van der Waals surface area contributed by atoms with Crippen molar-refractivity contribution in [3.8, 4) is 0 Å². The number of hydrogen-bond donors (Lipinski definition) is 1. The molecule has 0 amide bonds. The molecule has 1 N–H and O–H groups in total. The third-order valence-electron chi connectivity index (χ3n) is 2.26. The Bertz CT molecular complexity index is 128. The van der Waals surface area contributed by atoms with Gasteiger partial charge in [-0.1, -0.05) is 20.3 Å². The topological polar surface area (TPSA) is 29.5 Å². The zero-order chi connectivity index (χ0) is 11.8. The summed E-state index contributed by atoms with van der Waals surface area (Å²) in [5, 5.41) is 7.00. The Morgan fingerprint density at radius 1 is 0.929 bits per heavy atom. The van der Waals surface area contributed by atoms with Gasteiger partial charge in [-0.25, -0.2) is 0 Å². The van der Waals surface area contributed by atoms with Crippen LogP contribution in [-0.4, -0.2) is 23.4 Å². The van der Waals surface area contributed by atoms with E-state index in [1.165, 1.54) is 6.42 Å². The molecule has 0 saturated carbocycles. The van der Waals surface area contributed by atoms with E-state index >= 15 is 0 Å². The zero-order valence-corrected chi connectivity index (χ0v) is 11.0. The Kier molecular flexibility index (Phi) is 8.46. The monoisotopic (exact) mass is 204 g/mol. The van der Waals surface area contributed by atoms with Crippen molar-refractivity contribution in [3.05, 3.63) is 0 Å². The van der Waals surface area contributed by atoms with E-state index in [1.807, 2.05) is 0 Å². The number of aliphatic hydroxyl groups is 1. The van der Waals surface area contributed by atoms with Gasteiger partial charge in [-0.05, 0) is 40.5 Å². The van der Waals surface area contributed by atoms with Crippen molar-refractivity contribution in [2.24, 2.45) is 0 Å². The van der Waals surface area contributed by atoms with Crippen molar-refractivity contribution in [1.82, 2.24) is 0 Å². The average molecular weight is 204 g/mol. The molecule has 2 heteroatoms. The maximum absolute atomic E-state index is 7.00.